The van der Waals surface area contributed by atoms with Crippen LogP contribution in [0.3, 0.4) is 0 Å². The van der Waals surface area contributed by atoms with Crippen LogP contribution in [0.5, 0.6) is 0 Å². The maximum absolute atomic E-state index is 3.82. The summed E-state index contributed by atoms with van der Waals surface area (Å²) in [6, 6.07) is 24.7. The molecule has 3 aromatic rings. The Morgan fingerprint density at radius 2 is 1.68 bits per heavy atom. The molecule has 2 aliphatic carbocycles. The number of fused-ring (bicyclic) bond motifs is 3. The topological polar surface area (TPSA) is 0 Å². The molecule has 0 saturated heterocycles. The van der Waals surface area contributed by atoms with Crippen molar-refractivity contribution in [3.63, 3.8) is 0 Å². The average Bonchev–Trinajstić information content (AvgIpc) is 3.55. The minimum Gasteiger partial charge on any atom is -1.00 e. The third-order valence-corrected chi connectivity index (χ3v) is 6.95. The molecule has 0 aromatic heterocycles. The second-order valence-electron chi connectivity index (χ2n) is 7.53. The van der Waals surface area contributed by atoms with E-state index in [0.29, 0.717) is 0 Å². The van der Waals surface area contributed by atoms with Crippen molar-refractivity contribution in [3.05, 3.63) is 132 Å². The summed E-state index contributed by atoms with van der Waals surface area (Å²) in [6.07, 6.45) is 15.9. The molecular weight excluding hydrogens is 534 g/mol. The molecule has 0 saturated carbocycles. The van der Waals surface area contributed by atoms with E-state index in [2.05, 4.69) is 92.9 Å². The van der Waals surface area contributed by atoms with Crippen molar-refractivity contribution in [2.75, 3.05) is 0 Å². The molecule has 3 aromatic carbocycles. The Hall–Kier alpha value is -2.05. The van der Waals surface area contributed by atoms with E-state index in [9.17, 15) is 0 Å². The molecule has 0 fully saturated rings. The maximum atomic E-state index is 3.82. The summed E-state index contributed by atoms with van der Waals surface area (Å²) in [5.41, 5.74) is 8.97. The van der Waals surface area contributed by atoms with Crippen molar-refractivity contribution in [2.24, 2.45) is 0 Å². The quantitative estimate of drug-likeness (QED) is 0.333. The molecule has 172 valence electrons. The monoisotopic (exact) mass is 560 g/mol. The summed E-state index contributed by atoms with van der Waals surface area (Å²) in [6.45, 7) is 9.84. The number of rotatable bonds is 4. The van der Waals surface area contributed by atoms with Crippen LogP contribution in [0.4, 0.5) is 0 Å². The number of halogens is 2. The first-order valence-corrected chi connectivity index (χ1v) is 12.2. The van der Waals surface area contributed by atoms with Gasteiger partial charge in [0, 0.05) is 0 Å². The Morgan fingerprint density at radius 3 is 2.24 bits per heavy atom. The van der Waals surface area contributed by atoms with E-state index < -0.39 is 0 Å². The van der Waals surface area contributed by atoms with Crippen LogP contribution in [0.1, 0.15) is 47.6 Å². The van der Waals surface area contributed by atoms with Gasteiger partial charge in [0.05, 0.1) is 0 Å². The Bertz CT molecular complexity index is 1090. The number of allylic oxidation sites excluding steroid dienone is 4. The van der Waals surface area contributed by atoms with Gasteiger partial charge in [-0.1, -0.05) is 42.0 Å². The van der Waals surface area contributed by atoms with Crippen molar-refractivity contribution < 1.29 is 49.0 Å². The first-order chi connectivity index (χ1) is 15.7. The standard InChI is InChI=1S/C17H13.C9H10.C5H5.2ClH.Zr/c1-3-12-5-7-14-11-15-8-6-13(4-2)10-17(15)16(14)9-12;1-2-6-9-7-4-3-5-8-9;1-2-4-5-3-1;;;/h3-7,9-10H,1-2,11H2;3-5,7-8H,2H2,1H3;1-3H,4H2;2*1H;/q-1;;-1;;;+2/p-2. The van der Waals surface area contributed by atoms with Crippen molar-refractivity contribution in [3.8, 4) is 11.1 Å². The Morgan fingerprint density at radius 1 is 0.971 bits per heavy atom. The van der Waals surface area contributed by atoms with Gasteiger partial charge in [-0.2, -0.15) is 29.8 Å². The fourth-order valence-corrected chi connectivity index (χ4v) is 3.96. The summed E-state index contributed by atoms with van der Waals surface area (Å²) in [5.74, 6) is 0. The Balaban J connectivity index is 0.000000290. The van der Waals surface area contributed by atoms with E-state index in [1.54, 1.807) is 3.21 Å². The average molecular weight is 563 g/mol. The number of benzene rings is 3. The Kier molecular flexibility index (Phi) is 13.9. The number of hydrogen-bond acceptors (Lipinski definition) is 0. The summed E-state index contributed by atoms with van der Waals surface area (Å²) in [4.78, 5) is 0. The van der Waals surface area contributed by atoms with Gasteiger partial charge in [-0.05, 0) is 12.0 Å². The largest absolute Gasteiger partial charge is 1.00 e. The molecule has 0 heterocycles. The number of hydrogen-bond donors (Lipinski definition) is 0. The van der Waals surface area contributed by atoms with Gasteiger partial charge in [0.1, 0.15) is 0 Å². The second-order valence-corrected chi connectivity index (χ2v) is 9.01. The van der Waals surface area contributed by atoms with Crippen LogP contribution in [-0.4, -0.2) is 3.21 Å². The molecule has 0 aliphatic heterocycles. The Labute approximate surface area is 232 Å². The van der Waals surface area contributed by atoms with Gasteiger partial charge in [-0.25, -0.2) is 12.2 Å². The zero-order chi connectivity index (χ0) is 22.8. The molecule has 5 rings (SSSR count). The maximum Gasteiger partial charge on any atom is -0.109 e. The minimum absolute atomic E-state index is 0. The molecule has 3 heteroatoms. The minimum atomic E-state index is 0. The molecule has 0 atom stereocenters. The normalized spacial score (nSPS) is 11.3. The molecule has 0 bridgehead atoms. The van der Waals surface area contributed by atoms with Gasteiger partial charge in [-0.3, -0.25) is 6.08 Å². The van der Waals surface area contributed by atoms with Gasteiger partial charge < -0.3 is 24.8 Å². The summed E-state index contributed by atoms with van der Waals surface area (Å²) >= 11 is 1.54. The molecular formula is C31H28Cl2Zr-2. The molecule has 34 heavy (non-hydrogen) atoms. The molecule has 0 radical (unpaired) electrons. The fraction of sp³-hybridized carbons (Fsp3) is 0.129. The zero-order valence-electron chi connectivity index (χ0n) is 19.5. The predicted molar refractivity (Wildman–Crippen MR) is 136 cm³/mol. The van der Waals surface area contributed by atoms with Gasteiger partial charge in [0.15, 0.2) is 0 Å². The van der Waals surface area contributed by atoms with Crippen LogP contribution >= 0.6 is 0 Å². The van der Waals surface area contributed by atoms with Crippen LogP contribution in [0.25, 0.3) is 23.3 Å². The van der Waals surface area contributed by atoms with E-state index in [1.807, 2.05) is 30.4 Å². The van der Waals surface area contributed by atoms with E-state index in [4.69, 9.17) is 0 Å². The van der Waals surface area contributed by atoms with Gasteiger partial charge in [-0.15, -0.1) is 30.2 Å². The first kappa shape index (κ1) is 30.0. The van der Waals surface area contributed by atoms with E-state index >= 15 is 0 Å². The van der Waals surface area contributed by atoms with E-state index in [0.717, 1.165) is 18.4 Å². The van der Waals surface area contributed by atoms with Crippen LogP contribution in [0.15, 0.2) is 92.0 Å². The molecule has 2 aliphatic rings. The van der Waals surface area contributed by atoms with E-state index in [1.165, 1.54) is 64.0 Å². The van der Waals surface area contributed by atoms with Gasteiger partial charge in [0.2, 0.25) is 0 Å². The molecule has 0 unspecified atom stereocenters. The van der Waals surface area contributed by atoms with Crippen molar-refractivity contribution in [2.45, 2.75) is 26.2 Å². The van der Waals surface area contributed by atoms with Crippen LogP contribution in [0, 0.1) is 12.1 Å². The summed E-state index contributed by atoms with van der Waals surface area (Å²) in [5, 5.41) is 0. The molecule has 0 spiro atoms. The predicted octanol–water partition coefficient (Wildman–Crippen LogP) is 1.82. The SMILES string of the molecule is C=Cc1c[c-]c2c(c1)-c1cc(C=C)ccc1C2.CC[C](=[Zr+2])c1ccccc1.[C-]1=CC=CC1.[Cl-].[Cl-]. The van der Waals surface area contributed by atoms with Gasteiger partial charge in [0.25, 0.3) is 0 Å². The molecule has 0 nitrogen and oxygen atoms in total. The third kappa shape index (κ3) is 8.31. The summed E-state index contributed by atoms with van der Waals surface area (Å²) in [7, 11) is 0. The third-order valence-electron chi connectivity index (χ3n) is 5.37. The first-order valence-electron chi connectivity index (χ1n) is 10.9. The van der Waals surface area contributed by atoms with Crippen molar-refractivity contribution in [1.29, 1.82) is 0 Å². The van der Waals surface area contributed by atoms with Crippen molar-refractivity contribution in [1.82, 2.24) is 0 Å². The van der Waals surface area contributed by atoms with Gasteiger partial charge >= 0.3 is 76.7 Å². The van der Waals surface area contributed by atoms with Crippen LogP contribution in [-0.2, 0) is 30.7 Å². The second kappa shape index (κ2) is 15.8. The smallest absolute Gasteiger partial charge is 0.109 e. The van der Waals surface area contributed by atoms with Crippen LogP contribution < -0.4 is 24.8 Å². The molecule has 0 amide bonds. The zero-order valence-corrected chi connectivity index (χ0v) is 23.4. The van der Waals surface area contributed by atoms with Crippen molar-refractivity contribution >= 4 is 15.4 Å². The summed E-state index contributed by atoms with van der Waals surface area (Å²) < 4.78 is 1.55. The van der Waals surface area contributed by atoms with E-state index in [-0.39, 0.29) is 24.8 Å². The molecule has 0 N–H and O–H groups in total. The van der Waals surface area contributed by atoms with Crippen LogP contribution in [0.2, 0.25) is 0 Å². The fourth-order valence-electron chi connectivity index (χ4n) is 3.55.